The van der Waals surface area contributed by atoms with Crippen molar-refractivity contribution in [1.82, 2.24) is 14.9 Å². The molecule has 0 radical (unpaired) electrons. The molecule has 0 atom stereocenters. The third kappa shape index (κ3) is 4.37. The van der Waals surface area contributed by atoms with Crippen molar-refractivity contribution in [2.75, 3.05) is 14.1 Å². The standard InChI is InChI=1S/C7H23N3Si2/c1-9(2)8-10(11(3)4)12(5,6)7/h8,11H,1-7H3. The molecule has 0 saturated heterocycles. The minimum Gasteiger partial charge on any atom is -0.276 e. The van der Waals surface area contributed by atoms with Crippen molar-refractivity contribution in [3.8, 4) is 0 Å². The van der Waals surface area contributed by atoms with Crippen LogP contribution in [0.2, 0.25) is 32.7 Å². The smallest absolute Gasteiger partial charge is 0.129 e. The lowest BCUT2D eigenvalue weighted by molar-refractivity contribution is 0.192. The van der Waals surface area contributed by atoms with Crippen molar-refractivity contribution in [3.63, 3.8) is 0 Å². The van der Waals surface area contributed by atoms with Crippen molar-refractivity contribution < 1.29 is 0 Å². The van der Waals surface area contributed by atoms with Crippen LogP contribution in [0.1, 0.15) is 0 Å². The van der Waals surface area contributed by atoms with Gasteiger partial charge in [-0.15, -0.1) is 0 Å². The largest absolute Gasteiger partial charge is 0.276 e. The monoisotopic (exact) mass is 205 g/mol. The van der Waals surface area contributed by atoms with Crippen LogP contribution in [0.3, 0.4) is 0 Å². The van der Waals surface area contributed by atoms with Crippen LogP contribution < -0.4 is 5.53 Å². The summed E-state index contributed by atoms with van der Waals surface area (Å²) in [5.41, 5.74) is 3.41. The lowest BCUT2D eigenvalue weighted by atomic mass is 11.2. The Bertz CT molecular complexity index is 131. The van der Waals surface area contributed by atoms with Gasteiger partial charge in [0.15, 0.2) is 0 Å². The highest BCUT2D eigenvalue weighted by Crippen LogP contribution is 2.08. The molecule has 0 aromatic carbocycles. The Morgan fingerprint density at radius 2 is 1.50 bits per heavy atom. The zero-order valence-corrected chi connectivity index (χ0v) is 11.6. The first-order valence-corrected chi connectivity index (χ1v) is 10.8. The minimum absolute atomic E-state index is 0.724. The van der Waals surface area contributed by atoms with Gasteiger partial charge in [0.05, 0.1) is 0 Å². The summed E-state index contributed by atoms with van der Waals surface area (Å²) in [5.74, 6) is 0. The first-order chi connectivity index (χ1) is 5.25. The lowest BCUT2D eigenvalue weighted by Gasteiger charge is -2.39. The van der Waals surface area contributed by atoms with Crippen LogP contribution in [0.4, 0.5) is 0 Å². The van der Waals surface area contributed by atoms with E-state index in [4.69, 9.17) is 0 Å². The average molecular weight is 205 g/mol. The van der Waals surface area contributed by atoms with Crippen molar-refractivity contribution >= 4 is 17.2 Å². The molecule has 5 heteroatoms. The molecule has 12 heavy (non-hydrogen) atoms. The molecule has 74 valence electrons. The number of rotatable bonds is 4. The van der Waals surface area contributed by atoms with Gasteiger partial charge in [-0.05, 0) is 0 Å². The molecule has 1 N–H and O–H groups in total. The van der Waals surface area contributed by atoms with Crippen LogP contribution in [0.5, 0.6) is 0 Å². The maximum atomic E-state index is 3.41. The third-order valence-corrected chi connectivity index (χ3v) is 8.11. The van der Waals surface area contributed by atoms with Gasteiger partial charge in [0, 0.05) is 14.1 Å². The molecule has 0 aliphatic rings. The van der Waals surface area contributed by atoms with Gasteiger partial charge in [-0.1, -0.05) is 32.7 Å². The lowest BCUT2D eigenvalue weighted by Crippen LogP contribution is -2.62. The van der Waals surface area contributed by atoms with E-state index in [0.717, 1.165) is 0 Å². The fourth-order valence-electron chi connectivity index (χ4n) is 1.26. The van der Waals surface area contributed by atoms with Gasteiger partial charge in [-0.2, -0.15) is 0 Å². The highest BCUT2D eigenvalue weighted by Gasteiger charge is 2.26. The Balaban J connectivity index is 4.25. The van der Waals surface area contributed by atoms with Crippen LogP contribution in [-0.2, 0) is 0 Å². The van der Waals surface area contributed by atoms with Crippen LogP contribution >= 0.6 is 0 Å². The van der Waals surface area contributed by atoms with Crippen LogP contribution in [0, 0.1) is 0 Å². The summed E-state index contributed by atoms with van der Waals surface area (Å²) in [7, 11) is 2.20. The molecule has 0 aromatic heterocycles. The Kier molecular flexibility index (Phi) is 4.64. The predicted molar refractivity (Wildman–Crippen MR) is 60.9 cm³/mol. The Hall–Kier alpha value is 0.314. The van der Waals surface area contributed by atoms with E-state index in [2.05, 4.69) is 42.6 Å². The molecular formula is C7H23N3Si2. The summed E-state index contributed by atoms with van der Waals surface area (Å²) < 4.78 is 2.51. The van der Waals surface area contributed by atoms with E-state index >= 15 is 0 Å². The van der Waals surface area contributed by atoms with Crippen molar-refractivity contribution in [2.24, 2.45) is 0 Å². The number of hydrazine groups is 2. The molecule has 0 bridgehead atoms. The van der Waals surface area contributed by atoms with E-state index in [1.54, 1.807) is 0 Å². The Morgan fingerprint density at radius 3 is 1.58 bits per heavy atom. The number of nitrogens with zero attached hydrogens (tertiary/aromatic N) is 2. The molecule has 0 aliphatic heterocycles. The zero-order chi connectivity index (χ0) is 9.94. The quantitative estimate of drug-likeness (QED) is 0.547. The molecule has 3 nitrogen and oxygen atoms in total. The van der Waals surface area contributed by atoms with Crippen LogP contribution in [0.25, 0.3) is 0 Å². The second-order valence-electron chi connectivity index (χ2n) is 4.63. The number of hydrogen-bond donors (Lipinski definition) is 1. The van der Waals surface area contributed by atoms with Gasteiger partial charge in [-0.3, -0.25) is 4.34 Å². The fraction of sp³-hybridized carbons (Fsp3) is 1.00. The van der Waals surface area contributed by atoms with E-state index in [1.165, 1.54) is 0 Å². The second kappa shape index (κ2) is 4.52. The van der Waals surface area contributed by atoms with Gasteiger partial charge >= 0.3 is 0 Å². The van der Waals surface area contributed by atoms with Crippen molar-refractivity contribution in [3.05, 3.63) is 0 Å². The highest BCUT2D eigenvalue weighted by atomic mass is 28.4. The van der Waals surface area contributed by atoms with Gasteiger partial charge in [-0.25, -0.2) is 10.5 Å². The van der Waals surface area contributed by atoms with Gasteiger partial charge in [0.1, 0.15) is 17.2 Å². The highest BCUT2D eigenvalue weighted by molar-refractivity contribution is 6.82. The molecular weight excluding hydrogens is 182 g/mol. The van der Waals surface area contributed by atoms with E-state index in [1.807, 2.05) is 19.1 Å². The molecule has 0 aliphatic carbocycles. The van der Waals surface area contributed by atoms with Crippen molar-refractivity contribution in [1.29, 1.82) is 0 Å². The maximum Gasteiger partial charge on any atom is 0.129 e. The normalized spacial score (nSPS) is 13.5. The molecule has 0 heterocycles. The van der Waals surface area contributed by atoms with E-state index in [9.17, 15) is 0 Å². The summed E-state index contributed by atoms with van der Waals surface area (Å²) >= 11 is 0. The molecule has 0 fully saturated rings. The molecule has 0 spiro atoms. The van der Waals surface area contributed by atoms with Crippen LogP contribution in [-0.4, -0.2) is 40.6 Å². The average Bonchev–Trinajstić information content (AvgIpc) is 1.79. The zero-order valence-electron chi connectivity index (χ0n) is 9.47. The third-order valence-electron chi connectivity index (χ3n) is 1.55. The van der Waals surface area contributed by atoms with Gasteiger partial charge in [0.2, 0.25) is 0 Å². The predicted octanol–water partition coefficient (Wildman–Crippen LogP) is 1.09. The first kappa shape index (κ1) is 12.3. The van der Waals surface area contributed by atoms with E-state index in [-0.39, 0.29) is 0 Å². The van der Waals surface area contributed by atoms with E-state index < -0.39 is 17.2 Å². The van der Waals surface area contributed by atoms with E-state index in [0.29, 0.717) is 0 Å². The summed E-state index contributed by atoms with van der Waals surface area (Å²) in [6, 6.07) is 0. The molecule has 0 rings (SSSR count). The fourth-order valence-corrected chi connectivity index (χ4v) is 8.41. The van der Waals surface area contributed by atoms with Crippen LogP contribution in [0.15, 0.2) is 0 Å². The van der Waals surface area contributed by atoms with Gasteiger partial charge in [0.25, 0.3) is 0 Å². The number of hydrogen-bond acceptors (Lipinski definition) is 3. The topological polar surface area (TPSA) is 18.5 Å². The molecule has 0 aromatic rings. The molecule has 0 saturated carbocycles. The SMILES string of the molecule is CN(C)NN([SiH](C)C)[Si](C)(C)C. The summed E-state index contributed by atoms with van der Waals surface area (Å²) in [6.07, 6.45) is 0. The summed E-state index contributed by atoms with van der Waals surface area (Å²) in [6.45, 7) is 11.8. The summed E-state index contributed by atoms with van der Waals surface area (Å²) in [5, 5.41) is 2.03. The minimum atomic E-state index is -1.17. The number of nitrogens with one attached hydrogen (secondary N) is 1. The van der Waals surface area contributed by atoms with Crippen molar-refractivity contribution in [2.45, 2.75) is 32.7 Å². The maximum absolute atomic E-state index is 3.41. The summed E-state index contributed by atoms with van der Waals surface area (Å²) in [4.78, 5) is 0. The van der Waals surface area contributed by atoms with Gasteiger partial charge < -0.3 is 0 Å². The molecule has 0 amide bonds. The molecule has 0 unspecified atom stereocenters. The second-order valence-corrected chi connectivity index (χ2v) is 12.7. The Morgan fingerprint density at radius 1 is 1.08 bits per heavy atom. The first-order valence-electron chi connectivity index (χ1n) is 4.48. The Labute approximate surface area is 79.5 Å².